The van der Waals surface area contributed by atoms with Gasteiger partial charge in [0.05, 0.1) is 6.04 Å². The van der Waals surface area contributed by atoms with Gasteiger partial charge in [-0.25, -0.2) is 8.78 Å². The van der Waals surface area contributed by atoms with Crippen LogP contribution in [0.4, 0.5) is 13.3 Å². The zero-order valence-electron chi connectivity index (χ0n) is 10.7. The summed E-state index contributed by atoms with van der Waals surface area (Å²) in [4.78, 5) is 0. The van der Waals surface area contributed by atoms with E-state index in [1.54, 1.807) is 25.5 Å². The maximum Gasteiger partial charge on any atom is 0.131 e. The van der Waals surface area contributed by atoms with Crippen molar-refractivity contribution in [2.75, 3.05) is 0 Å². The molecule has 0 bridgehead atoms. The van der Waals surface area contributed by atoms with Crippen LogP contribution in [-0.4, -0.2) is 0 Å². The molecule has 0 spiro atoms. The summed E-state index contributed by atoms with van der Waals surface area (Å²) in [5.74, 6) is -0.783. The molecule has 1 unspecified atom stereocenters. The number of hydrogen-bond acceptors (Lipinski definition) is 1. The van der Waals surface area contributed by atoms with E-state index in [0.29, 0.717) is 22.3 Å². The third-order valence-corrected chi connectivity index (χ3v) is 3.14. The SMILES string of the molecule is Cc1cc(F)c(-c2ccc(F)cc2)cc1C(C)NF. The van der Waals surface area contributed by atoms with Crippen LogP contribution in [0.3, 0.4) is 0 Å². The third kappa shape index (κ3) is 2.79. The van der Waals surface area contributed by atoms with Crippen molar-refractivity contribution in [2.45, 2.75) is 19.9 Å². The van der Waals surface area contributed by atoms with E-state index in [4.69, 9.17) is 0 Å². The standard InChI is InChI=1S/C15H14F3N/c1-9-7-15(17)14(8-13(9)10(2)19-18)11-3-5-12(16)6-4-11/h3-8,10,19H,1-2H3. The van der Waals surface area contributed by atoms with Crippen molar-refractivity contribution in [1.82, 2.24) is 5.54 Å². The molecule has 1 atom stereocenters. The maximum absolute atomic E-state index is 14.0. The molecule has 0 saturated carbocycles. The lowest BCUT2D eigenvalue weighted by molar-refractivity contribution is 0.284. The van der Waals surface area contributed by atoms with E-state index in [-0.39, 0.29) is 5.82 Å². The van der Waals surface area contributed by atoms with Crippen molar-refractivity contribution in [3.05, 3.63) is 59.2 Å². The minimum Gasteiger partial charge on any atom is -0.207 e. The molecule has 4 heteroatoms. The van der Waals surface area contributed by atoms with Gasteiger partial charge in [0.1, 0.15) is 11.6 Å². The molecule has 19 heavy (non-hydrogen) atoms. The van der Waals surface area contributed by atoms with E-state index in [1.165, 1.54) is 30.3 Å². The van der Waals surface area contributed by atoms with Gasteiger partial charge in [-0.2, -0.15) is 5.54 Å². The zero-order valence-corrected chi connectivity index (χ0v) is 10.7. The molecule has 1 N–H and O–H groups in total. The van der Waals surface area contributed by atoms with Gasteiger partial charge < -0.3 is 0 Å². The van der Waals surface area contributed by atoms with Gasteiger partial charge in [0.2, 0.25) is 0 Å². The molecule has 2 aromatic carbocycles. The largest absolute Gasteiger partial charge is 0.207 e. The second-order valence-corrected chi connectivity index (χ2v) is 4.53. The highest BCUT2D eigenvalue weighted by Crippen LogP contribution is 2.29. The van der Waals surface area contributed by atoms with Gasteiger partial charge in [0.15, 0.2) is 0 Å². The molecule has 0 aliphatic carbocycles. The molecule has 0 saturated heterocycles. The molecule has 0 amide bonds. The summed E-state index contributed by atoms with van der Waals surface area (Å²) >= 11 is 0. The summed E-state index contributed by atoms with van der Waals surface area (Å²) in [5, 5.41) is 0. The second-order valence-electron chi connectivity index (χ2n) is 4.53. The van der Waals surface area contributed by atoms with Gasteiger partial charge in [0, 0.05) is 5.56 Å². The molecule has 0 fully saturated rings. The number of aryl methyl sites for hydroxylation is 1. The predicted molar refractivity (Wildman–Crippen MR) is 69.2 cm³/mol. The Morgan fingerprint density at radius 1 is 1.05 bits per heavy atom. The first-order valence-corrected chi connectivity index (χ1v) is 5.95. The highest BCUT2D eigenvalue weighted by atomic mass is 19.2. The Morgan fingerprint density at radius 3 is 2.26 bits per heavy atom. The third-order valence-electron chi connectivity index (χ3n) is 3.14. The maximum atomic E-state index is 14.0. The first kappa shape index (κ1) is 13.6. The van der Waals surface area contributed by atoms with Crippen LogP contribution in [0, 0.1) is 18.6 Å². The number of hydrogen-bond donors (Lipinski definition) is 1. The number of nitrogens with one attached hydrogen (secondary N) is 1. The van der Waals surface area contributed by atoms with Crippen molar-refractivity contribution < 1.29 is 13.3 Å². The van der Waals surface area contributed by atoms with E-state index in [0.717, 1.165) is 0 Å². The summed E-state index contributed by atoms with van der Waals surface area (Å²) in [6, 6.07) is 7.97. The van der Waals surface area contributed by atoms with E-state index in [9.17, 15) is 13.3 Å². The quantitative estimate of drug-likeness (QED) is 0.807. The van der Waals surface area contributed by atoms with Gasteiger partial charge in [-0.15, -0.1) is 4.48 Å². The monoisotopic (exact) mass is 265 g/mol. The summed E-state index contributed by atoms with van der Waals surface area (Å²) in [7, 11) is 0. The predicted octanol–water partition coefficient (Wildman–Crippen LogP) is 4.48. The Bertz CT molecular complexity index is 579. The molecule has 2 aromatic rings. The molecular weight excluding hydrogens is 251 g/mol. The summed E-state index contributed by atoms with van der Waals surface area (Å²) in [6.45, 7) is 3.37. The Labute approximate surface area is 110 Å². The Kier molecular flexibility index (Phi) is 3.90. The van der Waals surface area contributed by atoms with Crippen molar-refractivity contribution in [3.63, 3.8) is 0 Å². The number of halogens is 3. The molecular formula is C15H14F3N. The first-order valence-electron chi connectivity index (χ1n) is 5.95. The van der Waals surface area contributed by atoms with Gasteiger partial charge in [-0.3, -0.25) is 0 Å². The minimum atomic E-state index is -0.528. The Morgan fingerprint density at radius 2 is 1.68 bits per heavy atom. The molecule has 0 radical (unpaired) electrons. The molecule has 1 nitrogen and oxygen atoms in total. The van der Waals surface area contributed by atoms with Crippen LogP contribution in [0.5, 0.6) is 0 Å². The average Bonchev–Trinajstić information content (AvgIpc) is 2.39. The van der Waals surface area contributed by atoms with E-state index < -0.39 is 11.9 Å². The van der Waals surface area contributed by atoms with Gasteiger partial charge in [0.25, 0.3) is 0 Å². The Hall–Kier alpha value is -1.81. The minimum absolute atomic E-state index is 0.336. The average molecular weight is 265 g/mol. The van der Waals surface area contributed by atoms with Crippen LogP contribution < -0.4 is 5.54 Å². The van der Waals surface area contributed by atoms with Crippen LogP contribution in [0.15, 0.2) is 36.4 Å². The lowest BCUT2D eigenvalue weighted by atomic mass is 9.96. The fraction of sp³-hybridized carbons (Fsp3) is 0.200. The van der Waals surface area contributed by atoms with Gasteiger partial charge in [-0.05, 0) is 54.8 Å². The smallest absolute Gasteiger partial charge is 0.131 e. The van der Waals surface area contributed by atoms with Crippen molar-refractivity contribution in [3.8, 4) is 11.1 Å². The number of benzene rings is 2. The molecule has 100 valence electrons. The lowest BCUT2D eigenvalue weighted by Gasteiger charge is -2.14. The van der Waals surface area contributed by atoms with Crippen molar-refractivity contribution >= 4 is 0 Å². The Balaban J connectivity index is 2.54. The molecule has 0 aliphatic rings. The molecule has 0 aromatic heterocycles. The zero-order chi connectivity index (χ0) is 14.0. The summed E-state index contributed by atoms with van der Waals surface area (Å²) < 4.78 is 39.4. The molecule has 0 heterocycles. The fourth-order valence-electron chi connectivity index (χ4n) is 2.07. The molecule has 2 rings (SSSR count). The topological polar surface area (TPSA) is 12.0 Å². The number of rotatable bonds is 3. The summed E-state index contributed by atoms with van der Waals surface area (Å²) in [5.41, 5.74) is 3.88. The van der Waals surface area contributed by atoms with Crippen LogP contribution in [0.1, 0.15) is 24.1 Å². The normalized spacial score (nSPS) is 12.5. The molecule has 0 aliphatic heterocycles. The fourth-order valence-corrected chi connectivity index (χ4v) is 2.07. The van der Waals surface area contributed by atoms with Crippen LogP contribution >= 0.6 is 0 Å². The van der Waals surface area contributed by atoms with Crippen molar-refractivity contribution in [2.24, 2.45) is 0 Å². The van der Waals surface area contributed by atoms with Crippen LogP contribution in [0.25, 0.3) is 11.1 Å². The van der Waals surface area contributed by atoms with Crippen LogP contribution in [-0.2, 0) is 0 Å². The van der Waals surface area contributed by atoms with E-state index in [2.05, 4.69) is 0 Å². The van der Waals surface area contributed by atoms with Gasteiger partial charge >= 0.3 is 0 Å². The van der Waals surface area contributed by atoms with E-state index >= 15 is 0 Å². The van der Waals surface area contributed by atoms with Crippen molar-refractivity contribution in [1.29, 1.82) is 0 Å². The van der Waals surface area contributed by atoms with E-state index in [1.807, 2.05) is 0 Å². The highest BCUT2D eigenvalue weighted by Gasteiger charge is 2.13. The summed E-state index contributed by atoms with van der Waals surface area (Å²) in [6.07, 6.45) is 0. The van der Waals surface area contributed by atoms with Crippen LogP contribution in [0.2, 0.25) is 0 Å². The van der Waals surface area contributed by atoms with Gasteiger partial charge in [-0.1, -0.05) is 12.1 Å². The first-order chi connectivity index (χ1) is 9.02. The lowest BCUT2D eigenvalue weighted by Crippen LogP contribution is -2.10. The highest BCUT2D eigenvalue weighted by molar-refractivity contribution is 5.66. The second kappa shape index (κ2) is 5.45.